The summed E-state index contributed by atoms with van der Waals surface area (Å²) >= 11 is 0. The van der Waals surface area contributed by atoms with Crippen LogP contribution >= 0.6 is 0 Å². The summed E-state index contributed by atoms with van der Waals surface area (Å²) in [7, 11) is 3.33. The number of hydrogen-bond acceptors (Lipinski definition) is 5. The van der Waals surface area contributed by atoms with E-state index in [9.17, 15) is 5.11 Å². The summed E-state index contributed by atoms with van der Waals surface area (Å²) < 4.78 is 10.8. The Bertz CT molecular complexity index is 816. The minimum Gasteiger partial charge on any atom is -0.504 e. The zero-order valence-electron chi connectivity index (χ0n) is 16.3. The van der Waals surface area contributed by atoms with Crippen molar-refractivity contribution in [2.45, 2.75) is 31.4 Å². The highest BCUT2D eigenvalue weighted by molar-refractivity contribution is 6.05. The van der Waals surface area contributed by atoms with Crippen molar-refractivity contribution < 1.29 is 14.6 Å². The second-order valence-electron chi connectivity index (χ2n) is 7.81. The van der Waals surface area contributed by atoms with Crippen molar-refractivity contribution in [3.63, 3.8) is 0 Å². The Kier molecular flexibility index (Phi) is 4.60. The fraction of sp³-hybridized carbons (Fsp3) is 0.500. The monoisotopic (exact) mass is 368 g/mol. The maximum atomic E-state index is 11.7. The highest BCUT2D eigenvalue weighted by Crippen LogP contribution is 2.51. The van der Waals surface area contributed by atoms with E-state index < -0.39 is 5.60 Å². The predicted octanol–water partition coefficient (Wildman–Crippen LogP) is 3.42. The van der Waals surface area contributed by atoms with Crippen LogP contribution in [0.4, 0.5) is 5.69 Å². The molecule has 0 unspecified atom stereocenters. The first-order valence-electron chi connectivity index (χ1n) is 9.58. The van der Waals surface area contributed by atoms with Gasteiger partial charge in [-0.25, -0.2) is 0 Å². The van der Waals surface area contributed by atoms with Crippen molar-refractivity contribution >= 4 is 11.4 Å². The summed E-state index contributed by atoms with van der Waals surface area (Å²) in [5, 5.41) is 11.7. The summed E-state index contributed by atoms with van der Waals surface area (Å²) in [4.78, 5) is 7.35. The molecule has 144 valence electrons. The lowest BCUT2D eigenvalue weighted by Crippen LogP contribution is -2.60. The normalized spacial score (nSPS) is 32.8. The number of fused-ring (bicyclic) bond motifs is 5. The number of nitrogens with zero attached hydrogens (tertiary/aromatic N) is 2. The summed E-state index contributed by atoms with van der Waals surface area (Å²) in [6.45, 7) is 7.94. The average Bonchev–Trinajstić information content (AvgIpc) is 3.00. The van der Waals surface area contributed by atoms with E-state index in [0.29, 0.717) is 24.0 Å². The fourth-order valence-corrected chi connectivity index (χ4v) is 5.11. The van der Waals surface area contributed by atoms with Crippen molar-refractivity contribution in [3.05, 3.63) is 48.3 Å². The first-order chi connectivity index (χ1) is 13.0. The van der Waals surface area contributed by atoms with Crippen molar-refractivity contribution in [3.8, 4) is 5.75 Å². The molecule has 0 radical (unpaired) electrons. The second kappa shape index (κ2) is 6.80. The number of aliphatic hydroxyl groups is 1. The van der Waals surface area contributed by atoms with Crippen LogP contribution in [0, 0.1) is 11.8 Å². The van der Waals surface area contributed by atoms with Gasteiger partial charge >= 0.3 is 0 Å². The van der Waals surface area contributed by atoms with Crippen molar-refractivity contribution in [1.29, 1.82) is 0 Å². The number of methoxy groups -OCH3 is 2. The topological polar surface area (TPSA) is 54.3 Å². The molecular formula is C22H28N2O3. The molecular weight excluding hydrogens is 340 g/mol. The number of ether oxygens (including phenoxy) is 2. The fourth-order valence-electron chi connectivity index (χ4n) is 5.11. The molecule has 0 bridgehead atoms. The van der Waals surface area contributed by atoms with E-state index >= 15 is 0 Å². The summed E-state index contributed by atoms with van der Waals surface area (Å²) in [5.41, 5.74) is 2.71. The molecule has 0 spiro atoms. The SMILES string of the molecule is C=C[C@H]1CN2CC[C@@]3(O)C(=Nc4cccc(OC)c43)[C@@H]2C[C@@H]1/C(C)=C\OC. The van der Waals surface area contributed by atoms with E-state index in [0.717, 1.165) is 36.5 Å². The van der Waals surface area contributed by atoms with Gasteiger partial charge in [0, 0.05) is 13.1 Å². The minimum atomic E-state index is -1.03. The van der Waals surface area contributed by atoms with Crippen molar-refractivity contribution in [2.24, 2.45) is 16.8 Å². The lowest BCUT2D eigenvalue weighted by atomic mass is 9.71. The standard InChI is InChI=1S/C22H28N2O3/c1-5-15-12-24-10-9-22(25)20-17(7-6-8-19(20)27-4)23-21(22)18(24)11-16(15)14(2)13-26-3/h5-8,13,15-16,18,25H,1,9-12H2,2-4H3/b14-13-/t15-,16+,18-,22-/m0/s1. The van der Waals surface area contributed by atoms with E-state index in [-0.39, 0.29) is 6.04 Å². The smallest absolute Gasteiger partial charge is 0.136 e. The van der Waals surface area contributed by atoms with Crippen LogP contribution in [0.25, 0.3) is 0 Å². The van der Waals surface area contributed by atoms with Crippen LogP contribution in [0.3, 0.4) is 0 Å². The Morgan fingerprint density at radius 2 is 2.22 bits per heavy atom. The molecule has 3 aliphatic rings. The van der Waals surface area contributed by atoms with Crippen molar-refractivity contribution in [2.75, 3.05) is 27.3 Å². The van der Waals surface area contributed by atoms with Crippen LogP contribution in [-0.4, -0.2) is 49.1 Å². The van der Waals surface area contributed by atoms with Gasteiger partial charge in [-0.15, -0.1) is 6.58 Å². The van der Waals surface area contributed by atoms with Gasteiger partial charge in [-0.1, -0.05) is 12.1 Å². The van der Waals surface area contributed by atoms with E-state index in [4.69, 9.17) is 14.5 Å². The summed E-state index contributed by atoms with van der Waals surface area (Å²) in [5.74, 6) is 1.42. The first-order valence-corrected chi connectivity index (χ1v) is 9.58. The van der Waals surface area contributed by atoms with Crippen LogP contribution in [0.15, 0.2) is 47.7 Å². The molecule has 4 atom stereocenters. The van der Waals surface area contributed by atoms with E-state index in [2.05, 4.69) is 24.5 Å². The third kappa shape index (κ3) is 2.72. The molecule has 5 heteroatoms. The Morgan fingerprint density at radius 1 is 1.41 bits per heavy atom. The molecule has 2 fully saturated rings. The quantitative estimate of drug-likeness (QED) is 0.654. The maximum Gasteiger partial charge on any atom is 0.136 e. The van der Waals surface area contributed by atoms with Gasteiger partial charge in [0.2, 0.25) is 0 Å². The summed E-state index contributed by atoms with van der Waals surface area (Å²) in [6.07, 6.45) is 5.43. The number of piperidine rings is 2. The molecule has 1 aromatic carbocycles. The molecule has 27 heavy (non-hydrogen) atoms. The highest BCUT2D eigenvalue weighted by Gasteiger charge is 2.53. The van der Waals surface area contributed by atoms with Crippen LogP contribution in [0.5, 0.6) is 5.75 Å². The van der Waals surface area contributed by atoms with Crippen LogP contribution in [-0.2, 0) is 10.3 Å². The zero-order chi connectivity index (χ0) is 19.2. The van der Waals surface area contributed by atoms with Crippen LogP contribution < -0.4 is 4.74 Å². The van der Waals surface area contributed by atoms with Gasteiger partial charge in [-0.2, -0.15) is 0 Å². The first kappa shape index (κ1) is 18.3. The Labute approximate surface area is 161 Å². The zero-order valence-corrected chi connectivity index (χ0v) is 16.3. The molecule has 3 heterocycles. The molecule has 0 aromatic heterocycles. The average molecular weight is 368 g/mol. The van der Waals surface area contributed by atoms with Gasteiger partial charge in [-0.3, -0.25) is 9.89 Å². The maximum absolute atomic E-state index is 11.7. The van der Waals surface area contributed by atoms with E-state index in [1.165, 1.54) is 5.57 Å². The van der Waals surface area contributed by atoms with Crippen LogP contribution in [0.1, 0.15) is 25.3 Å². The molecule has 1 aromatic rings. The van der Waals surface area contributed by atoms with E-state index in [1.807, 2.05) is 24.5 Å². The molecule has 1 N–H and O–H groups in total. The number of allylic oxidation sites excluding steroid dienone is 1. The molecule has 3 aliphatic heterocycles. The number of benzene rings is 1. The third-order valence-electron chi connectivity index (χ3n) is 6.45. The van der Waals surface area contributed by atoms with Gasteiger partial charge in [-0.05, 0) is 49.3 Å². The Morgan fingerprint density at radius 3 is 2.93 bits per heavy atom. The molecule has 4 rings (SSSR count). The number of rotatable bonds is 4. The van der Waals surface area contributed by atoms with E-state index in [1.54, 1.807) is 14.2 Å². The molecule has 2 saturated heterocycles. The van der Waals surface area contributed by atoms with Gasteiger partial charge in [0.1, 0.15) is 11.4 Å². The lowest BCUT2D eigenvalue weighted by molar-refractivity contribution is 0.0250. The molecule has 0 aliphatic carbocycles. The third-order valence-corrected chi connectivity index (χ3v) is 6.45. The second-order valence-corrected chi connectivity index (χ2v) is 7.81. The van der Waals surface area contributed by atoms with Crippen molar-refractivity contribution in [1.82, 2.24) is 4.90 Å². The number of hydrogen-bond donors (Lipinski definition) is 1. The van der Waals surface area contributed by atoms with Gasteiger partial charge < -0.3 is 14.6 Å². The molecule has 0 saturated carbocycles. The predicted molar refractivity (Wildman–Crippen MR) is 107 cm³/mol. The number of aliphatic imine (C=N–C) groups is 1. The minimum absolute atomic E-state index is 0.113. The lowest BCUT2D eigenvalue weighted by Gasteiger charge is -2.50. The van der Waals surface area contributed by atoms with Gasteiger partial charge in [0.25, 0.3) is 0 Å². The Balaban J connectivity index is 1.72. The van der Waals surface area contributed by atoms with Gasteiger partial charge in [0.15, 0.2) is 0 Å². The molecule has 0 amide bonds. The summed E-state index contributed by atoms with van der Waals surface area (Å²) in [6, 6.07) is 5.92. The highest BCUT2D eigenvalue weighted by atomic mass is 16.5. The van der Waals surface area contributed by atoms with Crippen LogP contribution in [0.2, 0.25) is 0 Å². The van der Waals surface area contributed by atoms with Gasteiger partial charge in [0.05, 0.1) is 43.5 Å². The largest absolute Gasteiger partial charge is 0.504 e. The molecule has 5 nitrogen and oxygen atoms in total. The Hall–Kier alpha value is -2.11.